The van der Waals surface area contributed by atoms with Crippen LogP contribution in [0.3, 0.4) is 0 Å². The minimum atomic E-state index is -0.484. The van der Waals surface area contributed by atoms with Crippen molar-refractivity contribution in [3.63, 3.8) is 0 Å². The van der Waals surface area contributed by atoms with Gasteiger partial charge in [0.2, 0.25) is 0 Å². The first-order valence-corrected chi connectivity index (χ1v) is 6.82. The number of hydrogen-bond donors (Lipinski definition) is 0. The number of carbonyl (C=O) groups is 1. The molecule has 0 atom stereocenters. The van der Waals surface area contributed by atoms with Crippen LogP contribution in [0.2, 0.25) is 0 Å². The maximum atomic E-state index is 13.4. The molecule has 0 aliphatic heterocycles. The van der Waals surface area contributed by atoms with Gasteiger partial charge in [-0.15, -0.1) is 0 Å². The van der Waals surface area contributed by atoms with Crippen molar-refractivity contribution in [2.24, 2.45) is 0 Å². The van der Waals surface area contributed by atoms with Crippen LogP contribution in [0.15, 0.2) is 42.5 Å². The minimum Gasteiger partial charge on any atom is -0.494 e. The van der Waals surface area contributed by atoms with Crippen molar-refractivity contribution in [3.8, 4) is 11.5 Å². The summed E-state index contributed by atoms with van der Waals surface area (Å²) >= 11 is 0. The van der Waals surface area contributed by atoms with Gasteiger partial charge in [-0.05, 0) is 55.3 Å². The fourth-order valence-electron chi connectivity index (χ4n) is 2.03. The van der Waals surface area contributed by atoms with Gasteiger partial charge in [0.05, 0.1) is 13.2 Å². The molecule has 4 heteroatoms. The Balaban J connectivity index is 1.80. The lowest BCUT2D eigenvalue weighted by atomic mass is 10.0. The molecule has 0 bridgehead atoms. The monoisotopic (exact) mass is 286 g/mol. The Morgan fingerprint density at radius 3 is 2.38 bits per heavy atom. The molecule has 0 radical (unpaired) electrons. The smallest absolute Gasteiger partial charge is 0.193 e. The molecule has 108 valence electrons. The molecule has 21 heavy (non-hydrogen) atoms. The van der Waals surface area contributed by atoms with Gasteiger partial charge in [0.1, 0.15) is 5.75 Å². The summed E-state index contributed by atoms with van der Waals surface area (Å²) in [6.07, 6.45) is 2.51. The fourth-order valence-corrected chi connectivity index (χ4v) is 2.03. The lowest BCUT2D eigenvalue weighted by molar-refractivity contribution is 0.103. The number of methoxy groups -OCH3 is 1. The van der Waals surface area contributed by atoms with E-state index in [9.17, 15) is 9.18 Å². The Hall–Kier alpha value is -2.36. The average molecular weight is 286 g/mol. The maximum Gasteiger partial charge on any atom is 0.193 e. The molecule has 0 spiro atoms. The normalized spacial score (nSPS) is 13.8. The predicted octanol–water partition coefficient (Wildman–Crippen LogP) is 3.61. The number of benzene rings is 2. The van der Waals surface area contributed by atoms with Crippen LogP contribution in [0.1, 0.15) is 28.8 Å². The maximum absolute atomic E-state index is 13.4. The van der Waals surface area contributed by atoms with Crippen LogP contribution in [0, 0.1) is 5.82 Å². The van der Waals surface area contributed by atoms with Gasteiger partial charge in [0.15, 0.2) is 17.3 Å². The summed E-state index contributed by atoms with van der Waals surface area (Å²) in [5.41, 5.74) is 0.927. The van der Waals surface area contributed by atoms with Crippen LogP contribution >= 0.6 is 0 Å². The summed E-state index contributed by atoms with van der Waals surface area (Å²) < 4.78 is 23.9. The van der Waals surface area contributed by atoms with Crippen LogP contribution < -0.4 is 9.47 Å². The second-order valence-electron chi connectivity index (χ2n) is 5.02. The number of ether oxygens (including phenoxy) is 2. The highest BCUT2D eigenvalue weighted by Crippen LogP contribution is 2.27. The van der Waals surface area contributed by atoms with Crippen molar-refractivity contribution in [2.75, 3.05) is 7.11 Å². The standard InChI is InChI=1S/C17H15FO3/c1-20-16-10-12(4-9-15(16)18)17(19)11-2-5-13(6-3-11)21-14-7-8-14/h2-6,9-10,14H,7-8H2,1H3. The molecule has 0 saturated heterocycles. The molecular formula is C17H15FO3. The number of ketones is 1. The second-order valence-corrected chi connectivity index (χ2v) is 5.02. The SMILES string of the molecule is COc1cc(C(=O)c2ccc(OC3CC3)cc2)ccc1F. The van der Waals surface area contributed by atoms with E-state index in [1.807, 2.05) is 0 Å². The number of halogens is 1. The summed E-state index contributed by atoms with van der Waals surface area (Å²) in [6, 6.07) is 11.1. The highest BCUT2D eigenvalue weighted by atomic mass is 19.1. The van der Waals surface area contributed by atoms with E-state index in [0.717, 1.165) is 18.6 Å². The van der Waals surface area contributed by atoms with Gasteiger partial charge in [-0.1, -0.05) is 0 Å². The third kappa shape index (κ3) is 3.05. The summed E-state index contributed by atoms with van der Waals surface area (Å²) in [6.45, 7) is 0. The number of hydrogen-bond acceptors (Lipinski definition) is 3. The molecule has 0 unspecified atom stereocenters. The Kier molecular flexibility index (Phi) is 3.60. The molecule has 0 N–H and O–H groups in total. The molecule has 1 aliphatic carbocycles. The Morgan fingerprint density at radius 1 is 1.10 bits per heavy atom. The van der Waals surface area contributed by atoms with E-state index < -0.39 is 5.82 Å². The predicted molar refractivity (Wildman–Crippen MR) is 76.5 cm³/mol. The zero-order chi connectivity index (χ0) is 14.8. The zero-order valence-corrected chi connectivity index (χ0v) is 11.6. The summed E-state index contributed by atoms with van der Waals surface area (Å²) in [5.74, 6) is 0.175. The van der Waals surface area contributed by atoms with Crippen LogP contribution in [0.4, 0.5) is 4.39 Å². The lowest BCUT2D eigenvalue weighted by Crippen LogP contribution is -2.03. The largest absolute Gasteiger partial charge is 0.494 e. The third-order valence-electron chi connectivity index (χ3n) is 3.36. The van der Waals surface area contributed by atoms with Gasteiger partial charge >= 0.3 is 0 Å². The van der Waals surface area contributed by atoms with E-state index in [4.69, 9.17) is 9.47 Å². The van der Waals surface area contributed by atoms with Crippen LogP contribution in [0.5, 0.6) is 11.5 Å². The summed E-state index contributed by atoms with van der Waals surface area (Å²) in [7, 11) is 1.37. The second kappa shape index (κ2) is 5.56. The first-order chi connectivity index (χ1) is 10.2. The van der Waals surface area contributed by atoms with Crippen LogP contribution in [-0.2, 0) is 0 Å². The highest BCUT2D eigenvalue weighted by molar-refractivity contribution is 6.09. The highest BCUT2D eigenvalue weighted by Gasteiger charge is 2.23. The Morgan fingerprint density at radius 2 is 1.76 bits per heavy atom. The molecule has 0 amide bonds. The van der Waals surface area contributed by atoms with Crippen LogP contribution in [0.25, 0.3) is 0 Å². The third-order valence-corrected chi connectivity index (χ3v) is 3.36. The van der Waals surface area contributed by atoms with Crippen molar-refractivity contribution in [1.29, 1.82) is 0 Å². The van der Waals surface area contributed by atoms with Gasteiger partial charge < -0.3 is 9.47 Å². The van der Waals surface area contributed by atoms with E-state index in [1.165, 1.54) is 25.3 Å². The van der Waals surface area contributed by atoms with Gasteiger partial charge in [-0.3, -0.25) is 4.79 Å². The molecule has 2 aromatic rings. The van der Waals surface area contributed by atoms with Gasteiger partial charge in [-0.25, -0.2) is 4.39 Å². The van der Waals surface area contributed by atoms with Crippen molar-refractivity contribution in [1.82, 2.24) is 0 Å². The van der Waals surface area contributed by atoms with Gasteiger partial charge in [-0.2, -0.15) is 0 Å². The lowest BCUT2D eigenvalue weighted by Gasteiger charge is -2.07. The first kappa shape index (κ1) is 13.6. The molecule has 0 aromatic heterocycles. The van der Waals surface area contributed by atoms with Crippen molar-refractivity contribution in [2.45, 2.75) is 18.9 Å². The molecule has 3 rings (SSSR count). The summed E-state index contributed by atoms with van der Waals surface area (Å²) in [5, 5.41) is 0. The van der Waals surface area contributed by atoms with Crippen LogP contribution in [-0.4, -0.2) is 19.0 Å². The minimum absolute atomic E-state index is 0.0644. The van der Waals surface area contributed by atoms with Crippen molar-refractivity contribution >= 4 is 5.78 Å². The van der Waals surface area contributed by atoms with E-state index in [0.29, 0.717) is 17.2 Å². The molecule has 3 nitrogen and oxygen atoms in total. The number of carbonyl (C=O) groups excluding carboxylic acids is 1. The molecule has 1 fully saturated rings. The van der Waals surface area contributed by atoms with E-state index in [2.05, 4.69) is 0 Å². The molecule has 1 aliphatic rings. The van der Waals surface area contributed by atoms with Crippen molar-refractivity contribution < 1.29 is 18.7 Å². The first-order valence-electron chi connectivity index (χ1n) is 6.82. The average Bonchev–Trinajstić information content (AvgIpc) is 3.32. The molecule has 1 saturated carbocycles. The summed E-state index contributed by atoms with van der Waals surface area (Å²) in [4.78, 5) is 12.4. The van der Waals surface area contributed by atoms with E-state index in [1.54, 1.807) is 24.3 Å². The Bertz CT molecular complexity index is 660. The van der Waals surface area contributed by atoms with Gasteiger partial charge in [0, 0.05) is 11.1 Å². The van der Waals surface area contributed by atoms with E-state index in [-0.39, 0.29) is 11.5 Å². The van der Waals surface area contributed by atoms with Gasteiger partial charge in [0.25, 0.3) is 0 Å². The Labute approximate surface area is 122 Å². The molecule has 2 aromatic carbocycles. The zero-order valence-electron chi connectivity index (χ0n) is 11.6. The van der Waals surface area contributed by atoms with E-state index >= 15 is 0 Å². The quantitative estimate of drug-likeness (QED) is 0.788. The fraction of sp³-hybridized carbons (Fsp3) is 0.235. The molecule has 0 heterocycles. The topological polar surface area (TPSA) is 35.5 Å². The van der Waals surface area contributed by atoms with Crippen molar-refractivity contribution in [3.05, 3.63) is 59.4 Å². The number of rotatable bonds is 5. The molecular weight excluding hydrogens is 271 g/mol.